The number of halogens is 3. The molecular formula is C22H20F3N3O3S. The summed E-state index contributed by atoms with van der Waals surface area (Å²) in [4.78, 5) is 28.6. The van der Waals surface area contributed by atoms with Crippen LogP contribution in [0.1, 0.15) is 23.4 Å². The average Bonchev–Trinajstić information content (AvgIpc) is 3.22. The molecule has 0 unspecified atom stereocenters. The Morgan fingerprint density at radius 1 is 1.06 bits per heavy atom. The fourth-order valence-electron chi connectivity index (χ4n) is 2.83. The van der Waals surface area contributed by atoms with Gasteiger partial charge in [-0.2, -0.15) is 13.2 Å². The van der Waals surface area contributed by atoms with Crippen LogP contribution < -0.4 is 10.6 Å². The van der Waals surface area contributed by atoms with Crippen molar-refractivity contribution in [1.29, 1.82) is 0 Å². The Balaban J connectivity index is 1.56. The van der Waals surface area contributed by atoms with Gasteiger partial charge in [-0.15, -0.1) is 11.3 Å². The molecule has 10 heteroatoms. The zero-order valence-corrected chi connectivity index (χ0v) is 17.8. The van der Waals surface area contributed by atoms with Crippen molar-refractivity contribution in [3.05, 3.63) is 65.3 Å². The van der Waals surface area contributed by atoms with Gasteiger partial charge in [0, 0.05) is 24.0 Å². The molecule has 0 fully saturated rings. The number of thiazole rings is 1. The molecule has 2 N–H and O–H groups in total. The van der Waals surface area contributed by atoms with E-state index in [0.29, 0.717) is 24.9 Å². The minimum atomic E-state index is -4.48. The lowest BCUT2D eigenvalue weighted by molar-refractivity contribution is -0.140. The first-order chi connectivity index (χ1) is 15.2. The summed E-state index contributed by atoms with van der Waals surface area (Å²) in [6, 6.07) is 10.8. The van der Waals surface area contributed by atoms with Gasteiger partial charge in [0.1, 0.15) is 0 Å². The fraction of sp³-hybridized carbons (Fsp3) is 0.227. The molecule has 6 nitrogen and oxygen atoms in total. The number of nitrogens with one attached hydrogen (secondary N) is 2. The number of ether oxygens (including phenoxy) is 1. The summed E-state index contributed by atoms with van der Waals surface area (Å²) in [7, 11) is 1.36. The Morgan fingerprint density at radius 3 is 2.47 bits per heavy atom. The topological polar surface area (TPSA) is 80.3 Å². The van der Waals surface area contributed by atoms with E-state index in [0.717, 1.165) is 27.6 Å². The Labute approximate surface area is 186 Å². The summed E-state index contributed by atoms with van der Waals surface area (Å²) >= 11 is 1.52. The van der Waals surface area contributed by atoms with Crippen LogP contribution in [-0.4, -0.2) is 24.1 Å². The molecule has 0 aliphatic rings. The Morgan fingerprint density at radius 2 is 1.78 bits per heavy atom. The number of nitrogens with zero attached hydrogens (tertiary/aromatic N) is 1. The number of anilines is 2. The number of hydrogen-bond donors (Lipinski definition) is 2. The molecule has 0 radical (unpaired) electrons. The molecule has 32 heavy (non-hydrogen) atoms. The molecule has 0 aliphatic heterocycles. The Bertz CT molecular complexity index is 1080. The minimum Gasteiger partial charge on any atom is -0.469 e. The second-order valence-electron chi connectivity index (χ2n) is 6.78. The highest BCUT2D eigenvalue weighted by atomic mass is 32.1. The lowest BCUT2D eigenvalue weighted by Gasteiger charge is -2.11. The second kappa shape index (κ2) is 10.3. The predicted octanol–water partition coefficient (Wildman–Crippen LogP) is 5.97. The van der Waals surface area contributed by atoms with E-state index >= 15 is 0 Å². The van der Waals surface area contributed by atoms with E-state index in [-0.39, 0.29) is 11.7 Å². The predicted molar refractivity (Wildman–Crippen MR) is 117 cm³/mol. The van der Waals surface area contributed by atoms with Crippen LogP contribution in [0.2, 0.25) is 0 Å². The Kier molecular flexibility index (Phi) is 7.47. The first-order valence-electron chi connectivity index (χ1n) is 9.62. The number of carbonyl (C=O) groups is 2. The zero-order valence-electron chi connectivity index (χ0n) is 17.0. The van der Waals surface area contributed by atoms with Gasteiger partial charge in [-0.3, -0.25) is 4.79 Å². The van der Waals surface area contributed by atoms with E-state index < -0.39 is 17.8 Å². The third-order valence-corrected chi connectivity index (χ3v) is 5.53. The number of amides is 2. The van der Waals surface area contributed by atoms with E-state index in [9.17, 15) is 22.8 Å². The molecule has 0 atom stereocenters. The van der Waals surface area contributed by atoms with E-state index in [1.54, 1.807) is 18.3 Å². The van der Waals surface area contributed by atoms with Crippen molar-refractivity contribution < 1.29 is 27.5 Å². The number of esters is 1. The molecule has 2 aromatic carbocycles. The first-order valence-corrected chi connectivity index (χ1v) is 10.4. The molecule has 168 valence electrons. The third kappa shape index (κ3) is 6.55. The van der Waals surface area contributed by atoms with E-state index in [1.807, 2.05) is 12.1 Å². The largest absolute Gasteiger partial charge is 0.469 e. The maximum atomic E-state index is 12.8. The third-order valence-electron chi connectivity index (χ3n) is 4.43. The van der Waals surface area contributed by atoms with Crippen LogP contribution in [0.5, 0.6) is 0 Å². The van der Waals surface area contributed by atoms with Crippen LogP contribution in [0.3, 0.4) is 0 Å². The normalized spacial score (nSPS) is 11.1. The van der Waals surface area contributed by atoms with Crippen LogP contribution in [0.25, 0.3) is 10.4 Å². The summed E-state index contributed by atoms with van der Waals surface area (Å²) in [5.41, 5.74) is 0.596. The highest BCUT2D eigenvalue weighted by Crippen LogP contribution is 2.31. The molecule has 3 rings (SSSR count). The van der Waals surface area contributed by atoms with Crippen molar-refractivity contribution in [2.24, 2.45) is 0 Å². The molecule has 0 spiro atoms. The van der Waals surface area contributed by atoms with Crippen LogP contribution in [0.15, 0.2) is 54.7 Å². The highest BCUT2D eigenvalue weighted by molar-refractivity contribution is 7.15. The molecule has 0 aliphatic carbocycles. The van der Waals surface area contributed by atoms with E-state index in [4.69, 9.17) is 0 Å². The second-order valence-corrected chi connectivity index (χ2v) is 7.90. The lowest BCUT2D eigenvalue weighted by Crippen LogP contribution is -2.19. The maximum absolute atomic E-state index is 12.8. The smallest absolute Gasteiger partial charge is 0.416 e. The SMILES string of the molecule is COC(=O)CCCc1ncc(-c2ccc(NC(=O)Nc3cccc(C(F)(F)F)c3)cc2)s1. The van der Waals surface area contributed by atoms with Gasteiger partial charge in [-0.1, -0.05) is 18.2 Å². The number of methoxy groups -OCH3 is 1. The summed E-state index contributed by atoms with van der Waals surface area (Å²) in [6.45, 7) is 0. The number of urea groups is 1. The van der Waals surface area contributed by atoms with Gasteiger partial charge in [0.25, 0.3) is 0 Å². The van der Waals surface area contributed by atoms with Crippen molar-refractivity contribution in [2.45, 2.75) is 25.4 Å². The standard InChI is InChI=1S/C22H20F3N3O3S/c1-31-20(29)7-3-6-19-26-13-18(32-19)14-8-10-16(11-9-14)27-21(30)28-17-5-2-4-15(12-17)22(23,24)25/h2,4-5,8-13H,3,6-7H2,1H3,(H2,27,28,30). The zero-order chi connectivity index (χ0) is 23.1. The number of carbonyl (C=O) groups excluding carboxylic acids is 2. The highest BCUT2D eigenvalue weighted by Gasteiger charge is 2.30. The van der Waals surface area contributed by atoms with Crippen molar-refractivity contribution in [3.8, 4) is 10.4 Å². The van der Waals surface area contributed by atoms with Crippen molar-refractivity contribution in [2.75, 3.05) is 17.7 Å². The molecule has 1 aromatic heterocycles. The lowest BCUT2D eigenvalue weighted by atomic mass is 10.2. The van der Waals surface area contributed by atoms with Gasteiger partial charge in [0.05, 0.1) is 22.6 Å². The van der Waals surface area contributed by atoms with E-state index in [1.165, 1.54) is 30.6 Å². The molecule has 2 amide bonds. The van der Waals surface area contributed by atoms with Crippen molar-refractivity contribution >= 4 is 34.7 Å². The van der Waals surface area contributed by atoms with Gasteiger partial charge < -0.3 is 15.4 Å². The molecule has 0 bridgehead atoms. The van der Waals surface area contributed by atoms with Crippen LogP contribution >= 0.6 is 11.3 Å². The van der Waals surface area contributed by atoms with Gasteiger partial charge in [-0.25, -0.2) is 9.78 Å². The number of rotatable bonds is 7. The van der Waals surface area contributed by atoms with Gasteiger partial charge in [0.2, 0.25) is 0 Å². The molecule has 1 heterocycles. The average molecular weight is 463 g/mol. The van der Waals surface area contributed by atoms with Crippen LogP contribution in [0.4, 0.5) is 29.3 Å². The van der Waals surface area contributed by atoms with Crippen LogP contribution in [0, 0.1) is 0 Å². The molecule has 3 aromatic rings. The van der Waals surface area contributed by atoms with Crippen LogP contribution in [-0.2, 0) is 22.1 Å². The molecule has 0 saturated carbocycles. The monoisotopic (exact) mass is 463 g/mol. The molecular weight excluding hydrogens is 443 g/mol. The van der Waals surface area contributed by atoms with Gasteiger partial charge in [0.15, 0.2) is 0 Å². The number of aryl methyl sites for hydroxylation is 1. The summed E-state index contributed by atoms with van der Waals surface area (Å²) < 4.78 is 43.0. The summed E-state index contributed by atoms with van der Waals surface area (Å²) in [6.07, 6.45) is -1.06. The molecule has 0 saturated heterocycles. The maximum Gasteiger partial charge on any atom is 0.416 e. The Hall–Kier alpha value is -3.40. The van der Waals surface area contributed by atoms with Crippen molar-refractivity contribution in [3.63, 3.8) is 0 Å². The first kappa shape index (κ1) is 23.3. The minimum absolute atomic E-state index is 0.0401. The van der Waals surface area contributed by atoms with Gasteiger partial charge in [-0.05, 0) is 48.7 Å². The summed E-state index contributed by atoms with van der Waals surface area (Å²) in [5.74, 6) is -0.248. The number of hydrogen-bond acceptors (Lipinski definition) is 5. The van der Waals surface area contributed by atoms with Gasteiger partial charge >= 0.3 is 18.2 Å². The van der Waals surface area contributed by atoms with Crippen molar-refractivity contribution in [1.82, 2.24) is 4.98 Å². The number of alkyl halides is 3. The summed E-state index contributed by atoms with van der Waals surface area (Å²) in [5, 5.41) is 5.89. The quantitative estimate of drug-likeness (QED) is 0.423. The number of benzene rings is 2. The fourth-order valence-corrected chi connectivity index (χ4v) is 3.79. The number of aromatic nitrogens is 1. The van der Waals surface area contributed by atoms with E-state index in [2.05, 4.69) is 20.4 Å².